The van der Waals surface area contributed by atoms with Crippen LogP contribution in [0.3, 0.4) is 0 Å². The molecule has 362 valence electrons. The Labute approximate surface area is 432 Å². The van der Waals surface area contributed by atoms with Crippen molar-refractivity contribution in [1.29, 1.82) is 0 Å². The number of halogens is 1. The molecule has 0 unspecified atom stereocenters. The topological polar surface area (TPSA) is 65.0 Å². The Bertz CT molecular complexity index is 2240. The van der Waals surface area contributed by atoms with E-state index in [4.69, 9.17) is 8.83 Å². The van der Waals surface area contributed by atoms with Crippen LogP contribution in [-0.4, -0.2) is 15.0 Å². The van der Waals surface area contributed by atoms with Crippen LogP contribution in [0.1, 0.15) is 106 Å². The van der Waals surface area contributed by atoms with Gasteiger partial charge in [0.1, 0.15) is 22.3 Å². The van der Waals surface area contributed by atoms with Crippen molar-refractivity contribution in [3.05, 3.63) is 158 Å². The fraction of sp³-hybridized carbons (Fsp3) is 0.302. The summed E-state index contributed by atoms with van der Waals surface area (Å²) in [5.41, 5.74) is 1.86. The molecule has 0 amide bonds. The van der Waals surface area contributed by atoms with Gasteiger partial charge in [0, 0.05) is 39.8 Å². The first-order chi connectivity index (χ1) is 33.1. The molecule has 0 spiro atoms. The molecule has 10 aromatic rings. The Morgan fingerprint density at radius 3 is 1.40 bits per heavy atom. The Balaban J connectivity index is 0.000000402. The molecule has 0 radical (unpaired) electrons. The van der Waals surface area contributed by atoms with Crippen LogP contribution in [0, 0.1) is 12.9 Å². The highest BCUT2D eigenvalue weighted by Crippen LogP contribution is 2.31. The number of rotatable bonds is 9. The standard InChI is InChI=1S/C12H15NS2.C9H8OS.C8H5FOS.2C7H5NS2.5C2H6/c1-2-3-4-7-12-13-9-11(15-12)10-6-5-8-14-10;1-7-4-5-8(10-7)9-3-2-6-11-9;9-8-4-3-6(10-8)7-2-1-5-11-7;1-2-6(9-4-1)7-8-3-5-10-7;1-2-6(9-3-1)7-4-8-5-10-7;5*1-2/h5-6,8-9H,2-4,7H2,1H3;2-6H,1H3;1-5H;2*1-5H;5*1-2H3. The first-order valence-electron chi connectivity index (χ1n) is 22.8. The van der Waals surface area contributed by atoms with Gasteiger partial charge in [-0.2, -0.15) is 4.39 Å². The van der Waals surface area contributed by atoms with Crippen LogP contribution in [0.5, 0.6) is 0 Å². The molecule has 5 nitrogen and oxygen atoms in total. The van der Waals surface area contributed by atoms with Crippen molar-refractivity contribution in [2.24, 2.45) is 0 Å². The number of hydrogen-bond donors (Lipinski definition) is 0. The molecule has 0 fully saturated rings. The third-order valence-corrected chi connectivity index (χ3v) is 15.1. The van der Waals surface area contributed by atoms with Crippen LogP contribution in [0.25, 0.3) is 50.7 Å². The third kappa shape index (κ3) is 23.6. The number of unbranched alkanes of at least 4 members (excludes halogenated alkanes) is 2. The Hall–Kier alpha value is -4.12. The SMILES string of the molecule is CC.CC.CC.CC.CC.CCCCCc1ncc(-c2cccs2)s1.Cc1ccc(-c2cccs2)o1.Fc1ccc(-c2cccs2)o1.c1csc(-c2cncs2)c1.c1csc(-c2nccs2)c1. The molecule has 10 aromatic heterocycles. The normalized spacial score (nSPS) is 9.21. The van der Waals surface area contributed by atoms with Crippen LogP contribution >= 0.6 is 90.7 Å². The van der Waals surface area contributed by atoms with Gasteiger partial charge < -0.3 is 8.83 Å². The van der Waals surface area contributed by atoms with E-state index in [-0.39, 0.29) is 0 Å². The van der Waals surface area contributed by atoms with Crippen molar-refractivity contribution >= 4 is 90.7 Å². The molecule has 0 saturated carbocycles. The van der Waals surface area contributed by atoms with Gasteiger partial charge in [-0.05, 0) is 95.2 Å². The lowest BCUT2D eigenvalue weighted by Gasteiger charge is -1.93. The lowest BCUT2D eigenvalue weighted by atomic mass is 10.2. The Morgan fingerprint density at radius 2 is 0.985 bits per heavy atom. The minimum atomic E-state index is -0.534. The summed E-state index contributed by atoms with van der Waals surface area (Å²) in [6.07, 6.45) is 10.8. The van der Waals surface area contributed by atoms with E-state index in [0.29, 0.717) is 5.76 Å². The van der Waals surface area contributed by atoms with E-state index in [1.165, 1.54) is 70.9 Å². The summed E-state index contributed by atoms with van der Waals surface area (Å²) < 4.78 is 22.6. The molecular weight excluding hydrogens is 986 g/mol. The molecule has 0 aliphatic carbocycles. The summed E-state index contributed by atoms with van der Waals surface area (Å²) >= 11 is 13.7. The molecule has 10 rings (SSSR count). The average molecular weight is 1050 g/mol. The second kappa shape index (κ2) is 39.8. The largest absolute Gasteiger partial charge is 0.461 e. The molecule has 10 heterocycles. The van der Waals surface area contributed by atoms with Crippen molar-refractivity contribution in [2.75, 3.05) is 0 Å². The second-order valence-corrected chi connectivity index (χ2v) is 19.3. The smallest absolute Gasteiger partial charge is 0.278 e. The molecule has 67 heavy (non-hydrogen) atoms. The number of thiophene rings is 5. The zero-order valence-electron chi connectivity index (χ0n) is 41.0. The van der Waals surface area contributed by atoms with Gasteiger partial charge in [0.2, 0.25) is 0 Å². The van der Waals surface area contributed by atoms with Gasteiger partial charge in [-0.3, -0.25) is 4.98 Å². The van der Waals surface area contributed by atoms with Crippen molar-refractivity contribution in [3.8, 4) is 50.7 Å². The molecule has 0 aliphatic rings. The molecule has 14 heteroatoms. The maximum Gasteiger partial charge on any atom is 0.278 e. The third-order valence-electron chi connectivity index (χ3n) is 7.51. The van der Waals surface area contributed by atoms with Crippen LogP contribution in [-0.2, 0) is 6.42 Å². The minimum absolute atomic E-state index is 0.534. The highest BCUT2D eigenvalue weighted by atomic mass is 32.1. The predicted octanol–water partition coefficient (Wildman–Crippen LogP) is 21.9. The summed E-state index contributed by atoms with van der Waals surface area (Å²) in [4.78, 5) is 21.3. The quantitative estimate of drug-likeness (QED) is 0.135. The van der Waals surface area contributed by atoms with E-state index in [1.54, 1.807) is 74.1 Å². The molecule has 0 bridgehead atoms. The van der Waals surface area contributed by atoms with Crippen LogP contribution in [0.2, 0.25) is 0 Å². The van der Waals surface area contributed by atoms with Gasteiger partial charge in [0.15, 0.2) is 0 Å². The van der Waals surface area contributed by atoms with Crippen molar-refractivity contribution in [1.82, 2.24) is 15.0 Å². The summed E-state index contributed by atoms with van der Waals surface area (Å²) in [6, 6.07) is 26.8. The van der Waals surface area contributed by atoms with Gasteiger partial charge in [0.25, 0.3) is 6.01 Å². The van der Waals surface area contributed by atoms with E-state index < -0.39 is 6.01 Å². The van der Waals surface area contributed by atoms with E-state index >= 15 is 0 Å². The molecule has 0 saturated heterocycles. The summed E-state index contributed by atoms with van der Waals surface area (Å²) in [5, 5.41) is 14.6. The summed E-state index contributed by atoms with van der Waals surface area (Å²) in [6.45, 7) is 24.2. The number of nitrogens with zero attached hydrogens (tertiary/aromatic N) is 3. The van der Waals surface area contributed by atoms with E-state index in [0.717, 1.165) is 27.8 Å². The monoisotopic (exact) mass is 1050 g/mol. The zero-order valence-corrected chi connectivity index (χ0v) is 47.5. The lowest BCUT2D eigenvalue weighted by Crippen LogP contribution is -1.81. The number of aryl methyl sites for hydroxylation is 2. The maximum absolute atomic E-state index is 12.4. The predicted molar refractivity (Wildman–Crippen MR) is 305 cm³/mol. The minimum Gasteiger partial charge on any atom is -0.461 e. The number of thiazole rings is 3. The lowest BCUT2D eigenvalue weighted by molar-refractivity contribution is 0.367. The van der Waals surface area contributed by atoms with Crippen molar-refractivity contribution < 1.29 is 13.2 Å². The van der Waals surface area contributed by atoms with Crippen LogP contribution in [0.4, 0.5) is 4.39 Å². The molecule has 0 N–H and O–H groups in total. The first kappa shape index (κ1) is 60.9. The number of aromatic nitrogens is 3. The number of furan rings is 2. The van der Waals surface area contributed by atoms with E-state index in [9.17, 15) is 4.39 Å². The molecular formula is C53H68FN3O2S8. The summed E-state index contributed by atoms with van der Waals surface area (Å²) in [7, 11) is 0. The van der Waals surface area contributed by atoms with E-state index in [2.05, 4.69) is 74.4 Å². The molecule has 0 aliphatic heterocycles. The Morgan fingerprint density at radius 1 is 0.478 bits per heavy atom. The summed E-state index contributed by atoms with van der Waals surface area (Å²) in [5.74, 6) is 2.53. The molecule has 0 atom stereocenters. The van der Waals surface area contributed by atoms with Gasteiger partial charge in [-0.15, -0.1) is 90.7 Å². The first-order valence-corrected chi connectivity index (χ1v) is 29.8. The second-order valence-electron chi connectivity index (χ2n) is 11.7. The zero-order chi connectivity index (χ0) is 49.5. The highest BCUT2D eigenvalue weighted by molar-refractivity contribution is 7.21. The highest BCUT2D eigenvalue weighted by Gasteiger charge is 2.06. The van der Waals surface area contributed by atoms with Crippen LogP contribution < -0.4 is 0 Å². The van der Waals surface area contributed by atoms with Gasteiger partial charge in [-0.1, -0.05) is 119 Å². The van der Waals surface area contributed by atoms with E-state index in [1.807, 2.05) is 164 Å². The van der Waals surface area contributed by atoms with Gasteiger partial charge in [-0.25, -0.2) is 9.97 Å². The van der Waals surface area contributed by atoms with Crippen molar-refractivity contribution in [2.45, 2.75) is 109 Å². The maximum atomic E-state index is 12.4. The molecule has 0 aromatic carbocycles. The van der Waals surface area contributed by atoms with Gasteiger partial charge >= 0.3 is 0 Å². The fourth-order valence-corrected chi connectivity index (χ4v) is 10.9. The number of hydrogen-bond acceptors (Lipinski definition) is 13. The fourth-order valence-electron chi connectivity index (χ4n) is 4.84. The Kier molecular flexibility index (Phi) is 36.2. The van der Waals surface area contributed by atoms with Crippen LogP contribution in [0.15, 0.2) is 150 Å². The van der Waals surface area contributed by atoms with Gasteiger partial charge in [0.05, 0.1) is 34.9 Å². The van der Waals surface area contributed by atoms with Crippen molar-refractivity contribution in [3.63, 3.8) is 0 Å². The average Bonchev–Trinajstić information content (AvgIpc) is 4.24.